The predicted molar refractivity (Wildman–Crippen MR) is 176 cm³/mol. The Labute approximate surface area is 269 Å². The summed E-state index contributed by atoms with van der Waals surface area (Å²) in [5, 5.41) is 3.68. The molecule has 0 aliphatic heterocycles. The van der Waals surface area contributed by atoms with Crippen molar-refractivity contribution in [1.29, 1.82) is 0 Å². The van der Waals surface area contributed by atoms with Gasteiger partial charge in [-0.05, 0) is 66.4 Å². The summed E-state index contributed by atoms with van der Waals surface area (Å²) in [5.41, 5.74) is 2.58. The highest BCUT2D eigenvalue weighted by Crippen LogP contribution is 2.27. The Morgan fingerprint density at radius 3 is 2.18 bits per heavy atom. The molecule has 1 atom stereocenters. The van der Waals surface area contributed by atoms with Gasteiger partial charge in [0.1, 0.15) is 12.6 Å². The number of hydrogen-bond acceptors (Lipinski definition) is 4. The highest BCUT2D eigenvalue weighted by atomic mass is 35.5. The zero-order valence-electron chi connectivity index (χ0n) is 24.6. The number of halogens is 2. The molecule has 0 unspecified atom stereocenters. The number of carbonyl (C=O) groups excluding carboxylic acids is 2. The second-order valence-corrected chi connectivity index (χ2v) is 13.1. The Morgan fingerprint density at radius 2 is 1.55 bits per heavy atom. The van der Waals surface area contributed by atoms with E-state index in [2.05, 4.69) is 5.32 Å². The number of nitrogens with zero attached hydrogens (tertiary/aromatic N) is 2. The summed E-state index contributed by atoms with van der Waals surface area (Å²) in [6.45, 7) is 3.63. The lowest BCUT2D eigenvalue weighted by molar-refractivity contribution is -0.140. The first-order valence-corrected chi connectivity index (χ1v) is 16.5. The van der Waals surface area contributed by atoms with Gasteiger partial charge >= 0.3 is 0 Å². The standard InChI is InChI=1S/C34H35Cl2N3O4S/c1-3-19-37-34(41)32(21-26-12-6-4-7-13-26)38(23-27-17-18-28(35)22-31(27)36)33(40)24-39(29-14-10-11-25(2)20-29)44(42,43)30-15-8-5-9-16-30/h4-18,20,22,32H,3,19,21,23-24H2,1-2H3,(H,37,41)/t32-/m1/s1. The minimum Gasteiger partial charge on any atom is -0.354 e. The summed E-state index contributed by atoms with van der Waals surface area (Å²) in [6.07, 6.45) is 0.917. The molecule has 4 aromatic rings. The van der Waals surface area contributed by atoms with Crippen LogP contribution in [0.2, 0.25) is 10.0 Å². The molecule has 2 amide bonds. The van der Waals surface area contributed by atoms with E-state index in [0.717, 1.165) is 15.4 Å². The number of hydrogen-bond donors (Lipinski definition) is 1. The summed E-state index contributed by atoms with van der Waals surface area (Å²) >= 11 is 12.7. The molecule has 0 bridgehead atoms. The molecular weight excluding hydrogens is 617 g/mol. The minimum atomic E-state index is -4.16. The van der Waals surface area contributed by atoms with E-state index < -0.39 is 28.5 Å². The van der Waals surface area contributed by atoms with Crippen molar-refractivity contribution in [3.63, 3.8) is 0 Å². The lowest BCUT2D eigenvalue weighted by atomic mass is 10.0. The van der Waals surface area contributed by atoms with Gasteiger partial charge in [0.25, 0.3) is 10.0 Å². The first-order valence-electron chi connectivity index (χ1n) is 14.3. The van der Waals surface area contributed by atoms with E-state index in [0.29, 0.717) is 34.3 Å². The molecular formula is C34H35Cl2N3O4S. The van der Waals surface area contributed by atoms with Crippen LogP contribution in [0, 0.1) is 6.92 Å². The molecule has 4 aromatic carbocycles. The molecule has 7 nitrogen and oxygen atoms in total. The van der Waals surface area contributed by atoms with Crippen LogP contribution in [-0.2, 0) is 32.6 Å². The van der Waals surface area contributed by atoms with E-state index in [4.69, 9.17) is 23.2 Å². The first kappa shape index (κ1) is 33.1. The molecule has 1 N–H and O–H groups in total. The maximum Gasteiger partial charge on any atom is 0.264 e. The second-order valence-electron chi connectivity index (χ2n) is 10.4. The van der Waals surface area contributed by atoms with E-state index in [1.165, 1.54) is 17.0 Å². The largest absolute Gasteiger partial charge is 0.354 e. The van der Waals surface area contributed by atoms with Crippen molar-refractivity contribution in [3.05, 3.63) is 130 Å². The van der Waals surface area contributed by atoms with Crippen LogP contribution in [0.4, 0.5) is 5.69 Å². The molecule has 0 aliphatic carbocycles. The van der Waals surface area contributed by atoms with Crippen LogP contribution in [0.25, 0.3) is 0 Å². The molecule has 0 aliphatic rings. The van der Waals surface area contributed by atoms with Crippen LogP contribution in [-0.4, -0.2) is 44.3 Å². The van der Waals surface area contributed by atoms with Gasteiger partial charge in [-0.15, -0.1) is 0 Å². The fourth-order valence-corrected chi connectivity index (χ4v) is 6.68. The predicted octanol–water partition coefficient (Wildman–Crippen LogP) is 6.66. The van der Waals surface area contributed by atoms with Crippen molar-refractivity contribution < 1.29 is 18.0 Å². The Morgan fingerprint density at radius 1 is 0.864 bits per heavy atom. The van der Waals surface area contributed by atoms with Crippen LogP contribution in [0.15, 0.2) is 108 Å². The number of sulfonamides is 1. The highest BCUT2D eigenvalue weighted by molar-refractivity contribution is 7.92. The number of nitrogens with one attached hydrogen (secondary N) is 1. The fourth-order valence-electron chi connectivity index (χ4n) is 4.78. The average Bonchev–Trinajstić information content (AvgIpc) is 3.02. The molecule has 0 saturated carbocycles. The van der Waals surface area contributed by atoms with Gasteiger partial charge in [-0.3, -0.25) is 13.9 Å². The van der Waals surface area contributed by atoms with Crippen molar-refractivity contribution in [1.82, 2.24) is 10.2 Å². The normalized spacial score (nSPS) is 11.9. The third-order valence-electron chi connectivity index (χ3n) is 7.08. The third-order valence-corrected chi connectivity index (χ3v) is 9.45. The van der Waals surface area contributed by atoms with Crippen LogP contribution in [0.1, 0.15) is 30.0 Å². The molecule has 0 spiro atoms. The van der Waals surface area contributed by atoms with E-state index >= 15 is 0 Å². The lowest BCUT2D eigenvalue weighted by Crippen LogP contribution is -2.53. The molecule has 10 heteroatoms. The topological polar surface area (TPSA) is 86.8 Å². The number of amides is 2. The van der Waals surface area contributed by atoms with Crippen LogP contribution in [0.3, 0.4) is 0 Å². The quantitative estimate of drug-likeness (QED) is 0.175. The van der Waals surface area contributed by atoms with Gasteiger partial charge in [-0.25, -0.2) is 8.42 Å². The van der Waals surface area contributed by atoms with Gasteiger partial charge in [-0.2, -0.15) is 0 Å². The Kier molecular flexibility index (Phi) is 11.4. The van der Waals surface area contributed by atoms with Gasteiger partial charge in [0.15, 0.2) is 0 Å². The number of rotatable bonds is 13. The average molecular weight is 653 g/mol. The summed E-state index contributed by atoms with van der Waals surface area (Å²) < 4.78 is 29.2. The van der Waals surface area contributed by atoms with E-state index in [1.54, 1.807) is 54.6 Å². The van der Waals surface area contributed by atoms with E-state index in [1.807, 2.05) is 50.2 Å². The van der Waals surface area contributed by atoms with Crippen molar-refractivity contribution in [2.75, 3.05) is 17.4 Å². The SMILES string of the molecule is CCCNC(=O)[C@@H](Cc1ccccc1)N(Cc1ccc(Cl)cc1Cl)C(=O)CN(c1cccc(C)c1)S(=O)(=O)c1ccccc1. The molecule has 0 fully saturated rings. The van der Waals surface area contributed by atoms with Crippen LogP contribution >= 0.6 is 23.2 Å². The van der Waals surface area contributed by atoms with Crippen molar-refractivity contribution >= 4 is 50.7 Å². The molecule has 230 valence electrons. The van der Waals surface area contributed by atoms with Crippen molar-refractivity contribution in [3.8, 4) is 0 Å². The van der Waals surface area contributed by atoms with Crippen LogP contribution < -0.4 is 9.62 Å². The van der Waals surface area contributed by atoms with Gasteiger partial charge in [0.2, 0.25) is 11.8 Å². The monoisotopic (exact) mass is 651 g/mol. The third kappa shape index (κ3) is 8.40. The Balaban J connectivity index is 1.81. The zero-order valence-corrected chi connectivity index (χ0v) is 26.9. The van der Waals surface area contributed by atoms with Crippen molar-refractivity contribution in [2.24, 2.45) is 0 Å². The molecule has 0 radical (unpaired) electrons. The molecule has 4 rings (SSSR count). The van der Waals surface area contributed by atoms with Gasteiger partial charge < -0.3 is 10.2 Å². The molecule has 44 heavy (non-hydrogen) atoms. The number of anilines is 1. The summed E-state index contributed by atoms with van der Waals surface area (Å²) in [5.74, 6) is -0.910. The number of carbonyl (C=O) groups is 2. The van der Waals surface area contributed by atoms with Crippen molar-refractivity contribution in [2.45, 2.75) is 44.2 Å². The highest BCUT2D eigenvalue weighted by Gasteiger charge is 2.34. The first-order chi connectivity index (χ1) is 21.1. The molecule has 0 saturated heterocycles. The Bertz CT molecular complexity index is 1690. The summed E-state index contributed by atoms with van der Waals surface area (Å²) in [7, 11) is -4.16. The molecule has 0 heterocycles. The maximum atomic E-state index is 14.5. The van der Waals surface area contributed by atoms with Gasteiger partial charge in [-0.1, -0.05) is 96.9 Å². The smallest absolute Gasteiger partial charge is 0.264 e. The Hall–Kier alpha value is -3.85. The van der Waals surface area contributed by atoms with E-state index in [-0.39, 0.29) is 23.8 Å². The van der Waals surface area contributed by atoms with E-state index in [9.17, 15) is 18.0 Å². The van der Waals surface area contributed by atoms with Crippen LogP contribution in [0.5, 0.6) is 0 Å². The summed E-state index contributed by atoms with van der Waals surface area (Å²) in [4.78, 5) is 29.6. The van der Waals surface area contributed by atoms with Gasteiger partial charge in [0, 0.05) is 29.6 Å². The number of aryl methyl sites for hydroxylation is 1. The second kappa shape index (κ2) is 15.2. The zero-order chi connectivity index (χ0) is 31.7. The molecule has 0 aromatic heterocycles. The maximum absolute atomic E-state index is 14.5. The summed E-state index contributed by atoms with van der Waals surface area (Å²) in [6, 6.07) is 28.3. The number of benzene rings is 4. The van der Waals surface area contributed by atoms with Gasteiger partial charge in [0.05, 0.1) is 10.6 Å². The fraction of sp³-hybridized carbons (Fsp3) is 0.235. The minimum absolute atomic E-state index is 0.0427. The lowest BCUT2D eigenvalue weighted by Gasteiger charge is -2.34.